The second-order valence-corrected chi connectivity index (χ2v) is 10.5. The van der Waals surface area contributed by atoms with Crippen LogP contribution in [0.2, 0.25) is 0 Å². The van der Waals surface area contributed by atoms with E-state index in [4.69, 9.17) is 18.9 Å². The lowest BCUT2D eigenvalue weighted by Crippen LogP contribution is -2.12. The number of rotatable bonds is 17. The molecule has 4 heteroatoms. The van der Waals surface area contributed by atoms with Gasteiger partial charge in [0.25, 0.3) is 0 Å². The van der Waals surface area contributed by atoms with E-state index in [2.05, 4.69) is 27.7 Å². The van der Waals surface area contributed by atoms with Crippen molar-refractivity contribution in [3.63, 3.8) is 0 Å². The number of ether oxygens (including phenoxy) is 4. The fraction of sp³-hybridized carbons (Fsp3) is 1.00. The zero-order valence-electron chi connectivity index (χ0n) is 24.2. The molecule has 4 nitrogen and oxygen atoms in total. The van der Waals surface area contributed by atoms with Gasteiger partial charge in [-0.15, -0.1) is 0 Å². The number of hydrogen-bond donors (Lipinski definition) is 0. The SMILES string of the molecule is C.C.C.CC(C)CCCCCC(C)C.CC(C)OCCCOC(C)C.CC(C)OCCOC(C)C. The highest BCUT2D eigenvalue weighted by atomic mass is 16.5. The Hall–Kier alpha value is -0.160. The highest BCUT2D eigenvalue weighted by molar-refractivity contribution is 4.50. The second kappa shape index (κ2) is 36.0. The summed E-state index contributed by atoms with van der Waals surface area (Å²) in [6.07, 6.45) is 9.45. The average molecular weight is 511 g/mol. The summed E-state index contributed by atoms with van der Waals surface area (Å²) in [6.45, 7) is 28.5. The van der Waals surface area contributed by atoms with Crippen LogP contribution in [0.3, 0.4) is 0 Å². The molecule has 0 aliphatic heterocycles. The van der Waals surface area contributed by atoms with Crippen molar-refractivity contribution in [2.75, 3.05) is 26.4 Å². The molecule has 0 radical (unpaired) electrons. The van der Waals surface area contributed by atoms with Crippen LogP contribution in [0.15, 0.2) is 0 Å². The Labute approximate surface area is 225 Å². The Balaban J connectivity index is -0.0000000865. The maximum absolute atomic E-state index is 5.34. The summed E-state index contributed by atoms with van der Waals surface area (Å²) < 4.78 is 21.2. The van der Waals surface area contributed by atoms with Crippen LogP contribution in [0.1, 0.15) is 144 Å². The lowest BCUT2D eigenvalue weighted by molar-refractivity contribution is -0.00108. The molecule has 0 fully saturated rings. The van der Waals surface area contributed by atoms with Gasteiger partial charge in [0.2, 0.25) is 0 Å². The molecule has 0 unspecified atom stereocenters. The Morgan fingerprint density at radius 3 is 0.829 bits per heavy atom. The Morgan fingerprint density at radius 1 is 0.343 bits per heavy atom. The van der Waals surface area contributed by atoms with E-state index >= 15 is 0 Å². The minimum Gasteiger partial charge on any atom is -0.379 e. The van der Waals surface area contributed by atoms with Crippen LogP contribution in [-0.4, -0.2) is 50.8 Å². The van der Waals surface area contributed by atoms with Crippen LogP contribution in [0.4, 0.5) is 0 Å². The predicted molar refractivity (Wildman–Crippen MR) is 162 cm³/mol. The largest absolute Gasteiger partial charge is 0.379 e. The molecule has 0 rings (SSSR count). The summed E-state index contributed by atoms with van der Waals surface area (Å²) in [4.78, 5) is 0. The molecule has 0 aromatic heterocycles. The normalized spacial score (nSPS) is 10.5. The molecule has 0 aromatic rings. The predicted octanol–water partition coefficient (Wildman–Crippen LogP) is 10.2. The first-order valence-corrected chi connectivity index (χ1v) is 13.3. The van der Waals surface area contributed by atoms with Gasteiger partial charge in [-0.1, -0.05) is 82.1 Å². The number of hydrogen-bond acceptors (Lipinski definition) is 4. The smallest absolute Gasteiger partial charge is 0.0704 e. The summed E-state index contributed by atoms with van der Waals surface area (Å²) in [5, 5.41) is 0. The average Bonchev–Trinajstić information content (AvgIpc) is 2.64. The van der Waals surface area contributed by atoms with Gasteiger partial charge >= 0.3 is 0 Å². The van der Waals surface area contributed by atoms with E-state index in [0.29, 0.717) is 37.6 Å². The van der Waals surface area contributed by atoms with E-state index in [9.17, 15) is 0 Å². The van der Waals surface area contributed by atoms with Crippen molar-refractivity contribution in [1.82, 2.24) is 0 Å². The molecular formula is C31H74O4. The molecule has 0 aliphatic carbocycles. The molecule has 0 aliphatic rings. The van der Waals surface area contributed by atoms with Gasteiger partial charge in [0.1, 0.15) is 0 Å². The molecule has 0 atom stereocenters. The van der Waals surface area contributed by atoms with E-state index in [1.54, 1.807) is 0 Å². The summed E-state index contributed by atoms with van der Waals surface area (Å²) in [7, 11) is 0. The Kier molecular flexibility index (Phi) is 49.3. The molecule has 0 bridgehead atoms. The van der Waals surface area contributed by atoms with E-state index < -0.39 is 0 Å². The minimum absolute atomic E-state index is 0. The van der Waals surface area contributed by atoms with Crippen LogP contribution in [0.25, 0.3) is 0 Å². The van der Waals surface area contributed by atoms with Crippen molar-refractivity contribution in [3.05, 3.63) is 0 Å². The Bertz CT molecular complexity index is 274. The second-order valence-electron chi connectivity index (χ2n) is 10.5. The third kappa shape index (κ3) is 65.8. The van der Waals surface area contributed by atoms with Crippen molar-refractivity contribution < 1.29 is 18.9 Å². The molecule has 0 N–H and O–H groups in total. The summed E-state index contributed by atoms with van der Waals surface area (Å²) in [6, 6.07) is 0. The van der Waals surface area contributed by atoms with Gasteiger partial charge in [0.05, 0.1) is 37.6 Å². The molecule has 0 heterocycles. The first kappa shape index (κ1) is 48.0. The van der Waals surface area contributed by atoms with E-state index in [1.165, 1.54) is 32.1 Å². The van der Waals surface area contributed by atoms with Crippen molar-refractivity contribution >= 4 is 0 Å². The summed E-state index contributed by atoms with van der Waals surface area (Å²) >= 11 is 0. The third-order valence-electron chi connectivity index (χ3n) is 4.24. The van der Waals surface area contributed by atoms with Gasteiger partial charge in [-0.2, -0.15) is 0 Å². The maximum Gasteiger partial charge on any atom is 0.0704 e. The van der Waals surface area contributed by atoms with E-state index in [-0.39, 0.29) is 22.3 Å². The summed E-state index contributed by atoms with van der Waals surface area (Å²) in [5.41, 5.74) is 0. The van der Waals surface area contributed by atoms with Crippen LogP contribution in [0, 0.1) is 11.8 Å². The van der Waals surface area contributed by atoms with Crippen molar-refractivity contribution in [3.8, 4) is 0 Å². The van der Waals surface area contributed by atoms with Crippen molar-refractivity contribution in [2.45, 2.75) is 168 Å². The van der Waals surface area contributed by atoms with E-state index in [1.807, 2.05) is 55.4 Å². The molecule has 35 heavy (non-hydrogen) atoms. The monoisotopic (exact) mass is 511 g/mol. The first-order chi connectivity index (χ1) is 14.9. The van der Waals surface area contributed by atoms with Crippen LogP contribution < -0.4 is 0 Å². The van der Waals surface area contributed by atoms with Gasteiger partial charge in [-0.05, 0) is 73.6 Å². The quantitative estimate of drug-likeness (QED) is 0.182. The highest BCUT2D eigenvalue weighted by Crippen LogP contribution is 2.12. The third-order valence-corrected chi connectivity index (χ3v) is 4.24. The summed E-state index contributed by atoms with van der Waals surface area (Å²) in [5.74, 6) is 1.79. The standard InChI is InChI=1S/C11H24.C9H20O2.C8H18O2.3CH4/c1-10(2)8-6-5-7-9-11(3)4;1-8(2)10-6-5-7-11-9(3)4;1-7(2)9-5-6-10-8(3)4;;;/h10-11H,5-9H2,1-4H3;8-9H,5-7H2,1-4H3;7-8H,5-6H2,1-4H3;3*1H4. The lowest BCUT2D eigenvalue weighted by atomic mass is 10.0. The van der Waals surface area contributed by atoms with Crippen molar-refractivity contribution in [2.24, 2.45) is 11.8 Å². The molecule has 0 saturated carbocycles. The zero-order valence-corrected chi connectivity index (χ0v) is 24.2. The van der Waals surface area contributed by atoms with Gasteiger partial charge in [-0.25, -0.2) is 0 Å². The van der Waals surface area contributed by atoms with Crippen LogP contribution in [0.5, 0.6) is 0 Å². The van der Waals surface area contributed by atoms with Gasteiger partial charge in [0, 0.05) is 13.2 Å². The van der Waals surface area contributed by atoms with Gasteiger partial charge < -0.3 is 18.9 Å². The maximum atomic E-state index is 5.34. The first-order valence-electron chi connectivity index (χ1n) is 13.3. The molecular weight excluding hydrogens is 436 g/mol. The van der Waals surface area contributed by atoms with E-state index in [0.717, 1.165) is 31.5 Å². The van der Waals surface area contributed by atoms with Gasteiger partial charge in [-0.3, -0.25) is 0 Å². The fourth-order valence-electron chi connectivity index (χ4n) is 2.55. The van der Waals surface area contributed by atoms with Gasteiger partial charge in [0.15, 0.2) is 0 Å². The fourth-order valence-corrected chi connectivity index (χ4v) is 2.55. The topological polar surface area (TPSA) is 36.9 Å². The molecule has 222 valence electrons. The van der Waals surface area contributed by atoms with Crippen molar-refractivity contribution in [1.29, 1.82) is 0 Å². The molecule has 0 amide bonds. The molecule has 0 saturated heterocycles. The van der Waals surface area contributed by atoms with Crippen LogP contribution in [-0.2, 0) is 18.9 Å². The zero-order chi connectivity index (χ0) is 25.4. The van der Waals surface area contributed by atoms with Crippen LogP contribution >= 0.6 is 0 Å². The lowest BCUT2D eigenvalue weighted by Gasteiger charge is -2.09. The Morgan fingerprint density at radius 2 is 0.600 bits per heavy atom. The molecule has 0 aromatic carbocycles. The minimum atomic E-state index is 0. The number of unbranched alkanes of at least 4 members (excludes halogenated alkanes) is 2. The highest BCUT2D eigenvalue weighted by Gasteiger charge is 1.97. The molecule has 0 spiro atoms.